The molecule has 0 saturated carbocycles. The predicted molar refractivity (Wildman–Crippen MR) is 67.6 cm³/mol. The minimum absolute atomic E-state index is 0.00239. The zero-order chi connectivity index (χ0) is 12.0. The summed E-state index contributed by atoms with van der Waals surface area (Å²) in [6.45, 7) is 0. The molecule has 2 bridgehead atoms. The molecule has 0 aromatic carbocycles. The van der Waals surface area contributed by atoms with Crippen LogP contribution in [0.3, 0.4) is 0 Å². The van der Waals surface area contributed by atoms with Crippen molar-refractivity contribution in [1.82, 2.24) is 9.55 Å². The highest BCUT2D eigenvalue weighted by Crippen LogP contribution is 2.39. The Morgan fingerprint density at radius 2 is 2.00 bits per heavy atom. The molecule has 92 valence electrons. The third-order valence-electron chi connectivity index (χ3n) is 3.92. The number of fused-ring (bicyclic) bond motifs is 2. The van der Waals surface area contributed by atoms with Crippen LogP contribution in [0.5, 0.6) is 0 Å². The van der Waals surface area contributed by atoms with Crippen molar-refractivity contribution < 1.29 is 0 Å². The first-order valence-electron chi connectivity index (χ1n) is 6.11. The van der Waals surface area contributed by atoms with Gasteiger partial charge in [0.15, 0.2) is 5.82 Å². The van der Waals surface area contributed by atoms with Gasteiger partial charge in [0, 0.05) is 36.9 Å². The van der Waals surface area contributed by atoms with Crippen LogP contribution in [0, 0.1) is 0 Å². The molecule has 3 rings (SSSR count). The van der Waals surface area contributed by atoms with Gasteiger partial charge < -0.3 is 9.47 Å². The number of piperidine rings is 1. The minimum Gasteiger partial charge on any atom is -0.346 e. The minimum atomic E-state index is -0.00239. The fourth-order valence-electron chi connectivity index (χ4n) is 3.12. The molecular weight excluding hydrogens is 238 g/mol. The Hall–Kier alpha value is -1.03. The summed E-state index contributed by atoms with van der Waals surface area (Å²) in [4.78, 5) is 18.6. The van der Waals surface area contributed by atoms with Crippen molar-refractivity contribution in [1.29, 1.82) is 0 Å². The molecule has 2 atom stereocenters. The summed E-state index contributed by atoms with van der Waals surface area (Å²) >= 11 is 6.24. The summed E-state index contributed by atoms with van der Waals surface area (Å²) in [5.41, 5.74) is -0.00239. The van der Waals surface area contributed by atoms with E-state index in [1.54, 1.807) is 24.0 Å². The smallest absolute Gasteiger partial charge is 0.293 e. The van der Waals surface area contributed by atoms with E-state index >= 15 is 0 Å². The number of aromatic nitrogens is 2. The van der Waals surface area contributed by atoms with Crippen LogP contribution in [-0.4, -0.2) is 27.0 Å². The zero-order valence-corrected chi connectivity index (χ0v) is 10.6. The average Bonchev–Trinajstić information content (AvgIpc) is 2.55. The summed E-state index contributed by atoms with van der Waals surface area (Å²) in [6, 6.07) is 0.803. The summed E-state index contributed by atoms with van der Waals surface area (Å²) in [6.07, 6.45) is 7.60. The van der Waals surface area contributed by atoms with E-state index in [9.17, 15) is 4.79 Å². The molecule has 0 amide bonds. The van der Waals surface area contributed by atoms with E-state index in [1.807, 2.05) is 0 Å². The molecule has 2 saturated heterocycles. The lowest BCUT2D eigenvalue weighted by Gasteiger charge is -2.37. The largest absolute Gasteiger partial charge is 0.346 e. The summed E-state index contributed by atoms with van der Waals surface area (Å²) in [5, 5.41) is 0.260. The Kier molecular flexibility index (Phi) is 2.62. The van der Waals surface area contributed by atoms with Crippen LogP contribution in [0.2, 0.25) is 0 Å². The summed E-state index contributed by atoms with van der Waals surface area (Å²) < 4.78 is 1.59. The fourth-order valence-corrected chi connectivity index (χ4v) is 3.53. The Morgan fingerprint density at radius 3 is 2.65 bits per heavy atom. The average molecular weight is 254 g/mol. The van der Waals surface area contributed by atoms with E-state index in [2.05, 4.69) is 9.88 Å². The van der Waals surface area contributed by atoms with E-state index < -0.39 is 0 Å². The highest BCUT2D eigenvalue weighted by atomic mass is 35.5. The second-order valence-electron chi connectivity index (χ2n) is 5.03. The Balaban J connectivity index is 2.00. The molecule has 3 heterocycles. The summed E-state index contributed by atoms with van der Waals surface area (Å²) in [5.74, 6) is 0.603. The highest BCUT2D eigenvalue weighted by Gasteiger charge is 2.41. The molecule has 2 unspecified atom stereocenters. The summed E-state index contributed by atoms with van der Waals surface area (Å²) in [7, 11) is 1.77. The van der Waals surface area contributed by atoms with Gasteiger partial charge in [-0.3, -0.25) is 4.79 Å². The first-order valence-corrected chi connectivity index (χ1v) is 6.54. The number of hydrogen-bond donors (Lipinski definition) is 0. The Morgan fingerprint density at radius 1 is 1.35 bits per heavy atom. The molecular formula is C12H16ClN3O. The molecule has 4 nitrogen and oxygen atoms in total. The van der Waals surface area contributed by atoms with Gasteiger partial charge in [-0.15, -0.1) is 11.6 Å². The quantitative estimate of drug-likeness (QED) is 0.713. The van der Waals surface area contributed by atoms with E-state index in [0.29, 0.717) is 17.9 Å². The molecule has 2 aliphatic rings. The Labute approximate surface area is 105 Å². The molecule has 0 spiro atoms. The maximum atomic E-state index is 12.1. The van der Waals surface area contributed by atoms with Crippen LogP contribution < -0.4 is 10.5 Å². The normalized spacial score (nSPS) is 31.9. The lowest BCUT2D eigenvalue weighted by molar-refractivity contribution is 0.467. The molecule has 5 heteroatoms. The van der Waals surface area contributed by atoms with Crippen molar-refractivity contribution in [2.45, 2.75) is 43.1 Å². The van der Waals surface area contributed by atoms with Crippen molar-refractivity contribution in [2.24, 2.45) is 7.05 Å². The van der Waals surface area contributed by atoms with Crippen LogP contribution >= 0.6 is 11.6 Å². The number of nitrogens with zero attached hydrogens (tertiary/aromatic N) is 3. The Bertz CT molecular complexity index is 473. The number of alkyl halides is 1. The van der Waals surface area contributed by atoms with E-state index in [4.69, 9.17) is 11.6 Å². The van der Waals surface area contributed by atoms with Crippen LogP contribution in [0.1, 0.15) is 25.7 Å². The van der Waals surface area contributed by atoms with Gasteiger partial charge in [0.25, 0.3) is 5.56 Å². The molecule has 17 heavy (non-hydrogen) atoms. The predicted octanol–water partition coefficient (Wildman–Crippen LogP) is 1.52. The molecule has 2 aliphatic heterocycles. The number of rotatable bonds is 1. The molecule has 0 aliphatic carbocycles. The zero-order valence-electron chi connectivity index (χ0n) is 9.84. The van der Waals surface area contributed by atoms with Gasteiger partial charge in [-0.25, -0.2) is 4.98 Å². The SMILES string of the molecule is Cn1ccnc(N2C3CCC2CC(Cl)C3)c1=O. The van der Waals surface area contributed by atoms with Gasteiger partial charge in [0.05, 0.1) is 0 Å². The monoisotopic (exact) mass is 253 g/mol. The van der Waals surface area contributed by atoms with Crippen LogP contribution in [-0.2, 0) is 7.05 Å². The maximum Gasteiger partial charge on any atom is 0.293 e. The van der Waals surface area contributed by atoms with Crippen molar-refractivity contribution in [3.05, 3.63) is 22.7 Å². The van der Waals surface area contributed by atoms with Crippen molar-refractivity contribution in [2.75, 3.05) is 4.90 Å². The van der Waals surface area contributed by atoms with Crippen molar-refractivity contribution >= 4 is 17.4 Å². The van der Waals surface area contributed by atoms with Crippen molar-refractivity contribution in [3.8, 4) is 0 Å². The first-order chi connectivity index (χ1) is 8.16. The third-order valence-corrected chi connectivity index (χ3v) is 4.28. The van der Waals surface area contributed by atoms with E-state index in [-0.39, 0.29) is 10.9 Å². The third kappa shape index (κ3) is 1.75. The maximum absolute atomic E-state index is 12.1. The van der Waals surface area contributed by atoms with E-state index in [1.165, 1.54) is 0 Å². The first kappa shape index (κ1) is 11.1. The van der Waals surface area contributed by atoms with Gasteiger partial charge in [0.2, 0.25) is 0 Å². The van der Waals surface area contributed by atoms with Gasteiger partial charge in [-0.2, -0.15) is 0 Å². The second kappa shape index (κ2) is 4.02. The number of halogens is 1. The van der Waals surface area contributed by atoms with Gasteiger partial charge in [-0.1, -0.05) is 0 Å². The van der Waals surface area contributed by atoms with Crippen LogP contribution in [0.4, 0.5) is 5.82 Å². The van der Waals surface area contributed by atoms with Crippen LogP contribution in [0.25, 0.3) is 0 Å². The number of hydrogen-bond acceptors (Lipinski definition) is 3. The number of aryl methyl sites for hydroxylation is 1. The molecule has 0 radical (unpaired) electrons. The van der Waals surface area contributed by atoms with Gasteiger partial charge in [-0.05, 0) is 25.7 Å². The standard InChI is InChI=1S/C12H16ClN3O/c1-15-5-4-14-11(12(15)17)16-9-2-3-10(16)7-8(13)6-9/h4-5,8-10H,2-3,6-7H2,1H3. The molecule has 1 aromatic heterocycles. The fraction of sp³-hybridized carbons (Fsp3) is 0.667. The topological polar surface area (TPSA) is 38.1 Å². The van der Waals surface area contributed by atoms with Crippen molar-refractivity contribution in [3.63, 3.8) is 0 Å². The highest BCUT2D eigenvalue weighted by molar-refractivity contribution is 6.20. The lowest BCUT2D eigenvalue weighted by Crippen LogP contribution is -2.46. The van der Waals surface area contributed by atoms with Crippen LogP contribution in [0.15, 0.2) is 17.2 Å². The van der Waals surface area contributed by atoms with Gasteiger partial charge in [0.1, 0.15) is 0 Å². The van der Waals surface area contributed by atoms with Gasteiger partial charge >= 0.3 is 0 Å². The number of anilines is 1. The molecule has 2 fully saturated rings. The lowest BCUT2D eigenvalue weighted by atomic mass is 10.0. The van der Waals surface area contributed by atoms with E-state index in [0.717, 1.165) is 25.7 Å². The second-order valence-corrected chi connectivity index (χ2v) is 5.65. The molecule has 1 aromatic rings. The molecule has 0 N–H and O–H groups in total.